The van der Waals surface area contributed by atoms with E-state index < -0.39 is 160 Å². The van der Waals surface area contributed by atoms with E-state index in [1.807, 2.05) is 49.3 Å². The summed E-state index contributed by atoms with van der Waals surface area (Å²) in [4.78, 5) is 0. The van der Waals surface area contributed by atoms with Crippen molar-refractivity contribution in [1.82, 2.24) is 0 Å². The van der Waals surface area contributed by atoms with Crippen LogP contribution in [0.3, 0.4) is 0 Å². The van der Waals surface area contributed by atoms with Crippen molar-refractivity contribution in [3.05, 3.63) is 336 Å². The third-order valence-corrected chi connectivity index (χ3v) is 14.7. The molecule has 0 amide bonds. The second kappa shape index (κ2) is 40.7. The van der Waals surface area contributed by atoms with E-state index >= 15 is 0 Å². The highest BCUT2D eigenvalue weighted by molar-refractivity contribution is 5.86. The minimum absolute atomic E-state index is 0.0972. The fraction of sp³-hybridized carbons (Fsp3) is 0.175. The third kappa shape index (κ3) is 21.6. The second-order valence-corrected chi connectivity index (χ2v) is 21.0. The zero-order valence-electron chi connectivity index (χ0n) is 56.0. The van der Waals surface area contributed by atoms with Gasteiger partial charge >= 0.3 is 0 Å². The molecule has 0 aliphatic carbocycles. The summed E-state index contributed by atoms with van der Waals surface area (Å²) in [5.41, 5.74) is 2.21. The molecule has 0 aromatic heterocycles. The molecule has 10 rings (SSSR count). The van der Waals surface area contributed by atoms with Crippen molar-refractivity contribution in [2.45, 2.75) is 94.4 Å². The van der Waals surface area contributed by atoms with Crippen LogP contribution >= 0.6 is 0 Å². The zero-order valence-corrected chi connectivity index (χ0v) is 56.0. The minimum Gasteiger partial charge on any atom is -0.207 e. The van der Waals surface area contributed by atoms with Crippen molar-refractivity contribution in [1.29, 1.82) is 0 Å². The van der Waals surface area contributed by atoms with Gasteiger partial charge in [-0.3, -0.25) is 0 Å². The number of halogens is 21. The van der Waals surface area contributed by atoms with E-state index in [2.05, 4.69) is 144 Å². The highest BCUT2D eigenvalue weighted by Crippen LogP contribution is 2.38. The molecular weight excluding hydrogens is 1360 g/mol. The normalized spacial score (nSPS) is 10.1. The quantitative estimate of drug-likeness (QED) is 0.0585. The average molecular weight is 1430 g/mol. The first-order chi connectivity index (χ1) is 47.8. The Morgan fingerprint density at radius 1 is 0.297 bits per heavy atom. The lowest BCUT2D eigenvalue weighted by molar-refractivity contribution is 0.379. The van der Waals surface area contributed by atoms with Crippen molar-refractivity contribution in [3.8, 4) is 23.0 Å². The number of aryl methyl sites for hydroxylation is 5. The second-order valence-electron chi connectivity index (χ2n) is 21.0. The number of benzene rings is 10. The van der Waals surface area contributed by atoms with Gasteiger partial charge in [0.1, 0.15) is 17.2 Å². The number of rotatable bonds is 9. The molecule has 0 spiro atoms. The molecular formula is C80H67F21. The summed E-state index contributed by atoms with van der Waals surface area (Å²) >= 11 is 0. The summed E-state index contributed by atoms with van der Waals surface area (Å²) in [6, 6.07) is 42.5. The van der Waals surface area contributed by atoms with Gasteiger partial charge in [0.25, 0.3) is 0 Å². The number of hydrogen-bond donors (Lipinski definition) is 0. The van der Waals surface area contributed by atoms with Crippen LogP contribution in [0.2, 0.25) is 0 Å². The maximum atomic E-state index is 13.7. The minimum atomic E-state index is -2.59. The van der Waals surface area contributed by atoms with Crippen LogP contribution in [0.4, 0.5) is 92.2 Å². The smallest absolute Gasteiger partial charge is 0.200 e. The summed E-state index contributed by atoms with van der Waals surface area (Å²) < 4.78 is 277. The van der Waals surface area contributed by atoms with E-state index in [4.69, 9.17) is 0 Å². The summed E-state index contributed by atoms with van der Waals surface area (Å²) in [6.45, 7) is 25.4. The molecule has 0 radical (unpaired) electrons. The number of hydrogen-bond acceptors (Lipinski definition) is 0. The van der Waals surface area contributed by atoms with Gasteiger partial charge in [-0.25, -0.2) is 92.2 Å². The Bertz CT molecular complexity index is 4300. The lowest BCUT2D eigenvalue weighted by atomic mass is 9.99. The van der Waals surface area contributed by atoms with Gasteiger partial charge in [-0.1, -0.05) is 200 Å². The van der Waals surface area contributed by atoms with Crippen LogP contribution in [0.5, 0.6) is 0 Å². The van der Waals surface area contributed by atoms with Gasteiger partial charge in [0, 0.05) is 16.7 Å². The molecule has 10 aromatic rings. The van der Waals surface area contributed by atoms with Gasteiger partial charge in [0.15, 0.2) is 105 Å². The van der Waals surface area contributed by atoms with Crippen molar-refractivity contribution < 1.29 is 92.2 Å². The molecule has 0 aliphatic heterocycles. The van der Waals surface area contributed by atoms with Crippen molar-refractivity contribution >= 4 is 29.0 Å². The first-order valence-corrected chi connectivity index (χ1v) is 30.6. The molecule has 534 valence electrons. The Morgan fingerprint density at radius 2 is 0.644 bits per heavy atom. The summed E-state index contributed by atoms with van der Waals surface area (Å²) in [5, 5.41) is -3.05. The molecule has 101 heavy (non-hydrogen) atoms. The van der Waals surface area contributed by atoms with Crippen LogP contribution in [-0.2, 0) is 32.1 Å². The van der Waals surface area contributed by atoms with Crippen LogP contribution in [0, 0.1) is 155 Å². The fourth-order valence-corrected chi connectivity index (χ4v) is 8.75. The fourth-order valence-electron chi connectivity index (χ4n) is 8.75. The van der Waals surface area contributed by atoms with Crippen LogP contribution in [0.25, 0.3) is 40.1 Å². The number of fused-ring (bicyclic) bond motifs is 1. The Balaban J connectivity index is 0.000000308. The van der Waals surface area contributed by atoms with Gasteiger partial charge < -0.3 is 0 Å². The Labute approximate surface area is 572 Å². The van der Waals surface area contributed by atoms with Gasteiger partial charge in [0.2, 0.25) is 5.82 Å². The summed E-state index contributed by atoms with van der Waals surface area (Å²) in [5.74, 6) is -37.4. The molecule has 0 heterocycles. The highest BCUT2D eigenvalue weighted by atomic mass is 19.2. The van der Waals surface area contributed by atoms with Crippen molar-refractivity contribution in [3.63, 3.8) is 0 Å². The molecule has 0 saturated carbocycles. The highest BCUT2D eigenvalue weighted by Gasteiger charge is 2.34. The lowest BCUT2D eigenvalue weighted by Crippen LogP contribution is -2.09. The van der Waals surface area contributed by atoms with E-state index in [-0.39, 0.29) is 5.82 Å². The molecule has 0 N–H and O–H groups in total. The maximum Gasteiger partial charge on any atom is 0.200 e. The maximum absolute atomic E-state index is 13.7. The predicted molar refractivity (Wildman–Crippen MR) is 358 cm³/mol. The van der Waals surface area contributed by atoms with E-state index in [1.165, 1.54) is 51.9 Å². The third-order valence-electron chi connectivity index (χ3n) is 14.7. The Morgan fingerprint density at radius 3 is 1.04 bits per heavy atom. The molecule has 0 atom stereocenters. The SMILES string of the molecule is C=Cc1ccc(CC)cc1.C=Cc1cccc(CC)c1.C=Cc1ccccc1CC.CC#Cc1c(F)c(F)c(C)c(F)c1F.CCc1ccccc1.CCc1ccccc1F.Cc1c(F)c(F)c(-c2c(F)c(F)c(F)c(F)c2F)c(F)c1F.Cc1c(F)c(F)c2c(F)c(F)c(F)c(F)c2c1F. The van der Waals surface area contributed by atoms with Crippen LogP contribution in [-0.4, -0.2) is 0 Å². The predicted octanol–water partition coefficient (Wildman–Crippen LogP) is 25.3. The zero-order chi connectivity index (χ0) is 76.3. The lowest BCUT2D eigenvalue weighted by Gasteiger charge is -2.12. The van der Waals surface area contributed by atoms with E-state index in [9.17, 15) is 92.2 Å². The first-order valence-electron chi connectivity index (χ1n) is 30.6. The Kier molecular flexibility index (Phi) is 34.3. The van der Waals surface area contributed by atoms with Crippen LogP contribution < -0.4 is 0 Å². The topological polar surface area (TPSA) is 0 Å². The molecule has 10 aromatic carbocycles. The molecule has 0 fully saturated rings. The van der Waals surface area contributed by atoms with E-state index in [0.717, 1.165) is 51.5 Å². The van der Waals surface area contributed by atoms with Crippen LogP contribution in [0.15, 0.2) is 147 Å². The van der Waals surface area contributed by atoms with Crippen LogP contribution in [0.1, 0.15) is 108 Å². The average Bonchev–Trinajstić information content (AvgIpc) is 0.753. The van der Waals surface area contributed by atoms with E-state index in [0.29, 0.717) is 6.92 Å². The van der Waals surface area contributed by atoms with Gasteiger partial charge in [0.05, 0.1) is 21.9 Å². The van der Waals surface area contributed by atoms with Gasteiger partial charge in [-0.05, 0) is 110 Å². The molecule has 0 aliphatic rings. The Hall–Kier alpha value is -10.2. The largest absolute Gasteiger partial charge is 0.207 e. The monoisotopic (exact) mass is 1430 g/mol. The van der Waals surface area contributed by atoms with E-state index in [1.54, 1.807) is 12.1 Å². The first kappa shape index (κ1) is 85.0. The van der Waals surface area contributed by atoms with Crippen molar-refractivity contribution in [2.75, 3.05) is 0 Å². The standard InChI is InChI=1S/C13H3F9.C11H3F7.C10H6F4.3C10H12.C8H9F.C8H10/c1-2-5(14)7(16)3(8(17)6(2)15)4-9(18)11(20)13(22)12(21)10(4)19;1-2-5(12)3-4(7(14)6(2)13)9(16)11(18)10(17)8(3)15;1-3-4-6-9(13)7(11)5(2)8(12)10(6)14;1-3-9-5-7-10(4-2)8-6-9;1-3-9-6-5-7-10(4-2)8-9;1-3-9-7-5-6-8-10(9)4-2;1-2-7-5-3-4-6-8(7)9;1-2-8-6-4-3-5-7-8/h1H3;1H3;1-2H3;3*3,5-8H,1,4H2,2H3;3-6H,2H2,1H3;3-7H,2H2,1H3. The molecule has 21 heteroatoms. The summed E-state index contributed by atoms with van der Waals surface area (Å²) in [6.07, 6.45) is 10.8. The summed E-state index contributed by atoms with van der Waals surface area (Å²) in [7, 11) is 0. The molecule has 0 bridgehead atoms. The van der Waals surface area contributed by atoms with Crippen molar-refractivity contribution in [2.24, 2.45) is 0 Å². The van der Waals surface area contributed by atoms with Gasteiger partial charge in [-0.15, -0.1) is 5.92 Å². The van der Waals surface area contributed by atoms with Gasteiger partial charge in [-0.2, -0.15) is 0 Å². The molecule has 0 saturated heterocycles. The molecule has 0 unspecified atom stereocenters. The molecule has 0 nitrogen and oxygen atoms in total.